The average molecular weight is 1890 g/mol. The number of halogens is 2. The predicted octanol–water partition coefficient (Wildman–Crippen LogP) is -5.33. The molecule has 22 aliphatic heterocycles. The van der Waals surface area contributed by atoms with Crippen LogP contribution in [0.4, 0.5) is 0 Å². The Bertz CT molecular complexity index is 3610. The summed E-state index contributed by atoms with van der Waals surface area (Å²) >= 11 is 11.5. The fraction of sp³-hybridized carbons (Fsp3) is 0.735. The molecule has 21 N–H and O–H groups in total. The maximum absolute atomic E-state index is 12.6. The fourth-order valence-corrected chi connectivity index (χ4v) is 16.5. The second-order valence-corrected chi connectivity index (χ2v) is 33.7. The van der Waals surface area contributed by atoms with E-state index in [1.807, 2.05) is 56.3 Å². The Morgan fingerprint density at radius 1 is 0.426 bits per heavy atom. The van der Waals surface area contributed by atoms with Crippen LogP contribution in [0.1, 0.15) is 69.8 Å². The number of unbranched alkanes of at least 4 members (excludes halogenated alkanes) is 1. The average Bonchev–Trinajstić information content (AvgIpc) is 1.56. The number of nitriles is 1. The van der Waals surface area contributed by atoms with E-state index in [1.54, 1.807) is 30.3 Å². The number of carbonyl (C=O) groups excluding carboxylic acids is 1. The Labute approximate surface area is 750 Å². The van der Waals surface area contributed by atoms with Gasteiger partial charge in [0, 0.05) is 12.2 Å². The smallest absolute Gasteiger partial charge is 0.311 e. The number of aryl methyl sites for hydroxylation is 1. The van der Waals surface area contributed by atoms with Crippen molar-refractivity contribution in [1.29, 1.82) is 5.26 Å². The second kappa shape index (κ2) is 48.5. The van der Waals surface area contributed by atoms with Crippen molar-refractivity contribution in [2.24, 2.45) is 17.3 Å². The molecule has 38 atom stereocenters. The molecule has 1 saturated carbocycles. The Balaban J connectivity index is 0.000000249. The van der Waals surface area contributed by atoms with Gasteiger partial charge in [-0.05, 0) is 77.8 Å². The third-order valence-corrected chi connectivity index (χ3v) is 23.9. The van der Waals surface area contributed by atoms with Crippen molar-refractivity contribution >= 4 is 29.2 Å². The minimum atomic E-state index is -2.21. The number of para-hydroxylation sites is 1. The number of rotatable bonds is 26. The van der Waals surface area contributed by atoms with E-state index in [-0.39, 0.29) is 21.7 Å². The standard InChI is InChI=1S/C42H70O35.C22H19Cl2NO3.C19H30O5/c43-1-8-29-15(50)22(57)36(64-8)72-30-9(2-44)66-38(24(59)17(30)52)74-32-11(4-46)68-40(26(61)19(32)54)76-34-13(6-48)70-42(28(63)21(34)56)77-35-14(7-49)69-41(27(62)20(35)55)75-33-12(5-47)67-39(25(60)18(33)53)73-31-10(3-45)65-37(71-29)23(58)16(31)51;1-22(2)17(12-19(23)24)20(22)21(26)28-18(13-25)14-7-6-10-16(11-14)27-15-8-4-3-5-9-15;1-3-5-7-20-8-9-21-10-11-22-14-17-13-19-18(23-15-24-19)12-16(17)6-4-2/h8-63H,1-7H2;3-12,17-18,20H,1-2H3;12-13H,3-11,14-15H2,1-2H3/t8-,9-,10-,11-,12-,13-,14-,15-,16-,17-,18-,19-,20+,21+,22-,23-,24-,25-,26-,27+,28+,29-,30-,31-,32-,33-,34-,35-,36-,37-,38-,39-,40-,41-,42-;17-,18+,20-;/m11./s1. The molecule has 1 aliphatic carbocycles. The van der Waals surface area contributed by atoms with Crippen molar-refractivity contribution in [2.75, 3.05) is 86.1 Å². The fourth-order valence-electron chi connectivity index (χ4n) is 16.2. The largest absolute Gasteiger partial charge is 0.457 e. The topological polar surface area (TPSA) is 660 Å². The SMILES string of the molecule is CC1(C)[C@H](C=C(Cl)Cl)[C@@H]1C(=O)O[C@@H](C#N)c1cccc(Oc2ccccc2)c1.CCCCOCCOCCOCc1cc2c(cc1CCC)OCO2.OC[C@H]1O[C@@H]2O[C@H]3[C@H](O)[C@@H](O)[C@@H](O[C@H]4[C@H](O)[C@@H](O)[C@@H](O[C@H]5[C@H](O)[C@@H](O)[C@@H](O[C@H]6[C@H](O)[C@@H](O)[C@@H](O[C@H]7[C@@H](O)[C@H](O)[C@@H](O[C@H]8[C@@H](O)[C@H](O)[C@@H](O[C@H]1[C@H](O)[C@H]2O)O[C@@H]8CO)O[C@@H]7CO)O[C@@H]6CO)O[C@@H]5CO)O[C@@H]4CO)O[C@@H]3CO. The lowest BCUT2D eigenvalue weighted by molar-refractivity contribution is -0.396. The lowest BCUT2D eigenvalue weighted by atomic mass is 9.95. The van der Waals surface area contributed by atoms with Crippen LogP contribution in [-0.2, 0) is 103 Å². The molecule has 0 spiro atoms. The van der Waals surface area contributed by atoms with Crippen LogP contribution in [0.2, 0.25) is 0 Å². The van der Waals surface area contributed by atoms with E-state index in [9.17, 15) is 117 Å². The van der Waals surface area contributed by atoms with Crippen molar-refractivity contribution in [2.45, 2.75) is 281 Å². The summed E-state index contributed by atoms with van der Waals surface area (Å²) in [5.41, 5.74) is 2.67. The first-order chi connectivity index (χ1) is 61.8. The van der Waals surface area contributed by atoms with Gasteiger partial charge >= 0.3 is 5.97 Å². The second-order valence-electron chi connectivity index (χ2n) is 32.7. The number of allylic oxidation sites excluding steroid dienone is 1. The highest BCUT2D eigenvalue weighted by atomic mass is 35.5. The number of benzene rings is 3. The zero-order chi connectivity index (χ0) is 93.4. The number of ether oxygens (including phenoxy) is 21. The molecule has 3 aromatic rings. The van der Waals surface area contributed by atoms with Crippen molar-refractivity contribution in [1.82, 2.24) is 0 Å². The highest BCUT2D eigenvalue weighted by molar-refractivity contribution is 6.55. The van der Waals surface area contributed by atoms with E-state index < -0.39 is 273 Å². The summed E-state index contributed by atoms with van der Waals surface area (Å²) in [6, 6.07) is 22.4. The molecule has 0 amide bonds. The first kappa shape index (κ1) is 104. The molecule has 0 unspecified atom stereocenters. The van der Waals surface area contributed by atoms with E-state index in [1.165, 1.54) is 11.1 Å². The van der Waals surface area contributed by atoms with Gasteiger partial charge in [0.2, 0.25) is 12.9 Å². The Kier molecular flexibility index (Phi) is 39.2. The van der Waals surface area contributed by atoms with Gasteiger partial charge < -0.3 is 207 Å². The minimum Gasteiger partial charge on any atom is -0.457 e. The Morgan fingerprint density at radius 3 is 1.07 bits per heavy atom. The molecule has 129 heavy (non-hydrogen) atoms. The van der Waals surface area contributed by atoms with Gasteiger partial charge in [0.25, 0.3) is 0 Å². The zero-order valence-electron chi connectivity index (χ0n) is 70.7. The first-order valence-corrected chi connectivity index (χ1v) is 43.2. The van der Waals surface area contributed by atoms with Crippen molar-refractivity contribution < 1.29 is 212 Å². The summed E-state index contributed by atoms with van der Waals surface area (Å²) < 4.78 is 118. The van der Waals surface area contributed by atoms with Crippen LogP contribution in [0, 0.1) is 28.6 Å². The molecule has 46 heteroatoms. The molecule has 22 fully saturated rings. The molecule has 0 radical (unpaired) electrons. The van der Waals surface area contributed by atoms with Gasteiger partial charge in [-0.15, -0.1) is 0 Å². The molecular formula is C83H119Cl2NO43. The van der Waals surface area contributed by atoms with Crippen LogP contribution < -0.4 is 14.2 Å². The van der Waals surface area contributed by atoms with Crippen LogP contribution in [0.3, 0.4) is 0 Å². The third-order valence-electron chi connectivity index (χ3n) is 23.6. The van der Waals surface area contributed by atoms with Crippen LogP contribution >= 0.6 is 23.2 Å². The third kappa shape index (κ3) is 25.0. The molecule has 21 saturated heterocycles. The molecular weight excluding hydrogens is 1770 g/mol. The number of hydrogen-bond donors (Lipinski definition) is 21. The van der Waals surface area contributed by atoms with Gasteiger partial charge in [-0.2, -0.15) is 5.26 Å². The number of fused-ring (bicyclic) bond motifs is 1. The lowest BCUT2D eigenvalue weighted by Gasteiger charge is -2.50. The zero-order valence-corrected chi connectivity index (χ0v) is 72.2. The number of aliphatic hydroxyl groups is 21. The number of hydrogen-bond acceptors (Lipinski definition) is 44. The van der Waals surface area contributed by atoms with Crippen LogP contribution in [0.5, 0.6) is 23.0 Å². The van der Waals surface area contributed by atoms with Gasteiger partial charge in [0.15, 0.2) is 55.5 Å². The van der Waals surface area contributed by atoms with Gasteiger partial charge in [0.1, 0.15) is 193 Å². The van der Waals surface area contributed by atoms with Crippen LogP contribution in [-0.4, -0.2) is 414 Å². The normalized spacial score (nSPS) is 39.8. The van der Waals surface area contributed by atoms with Gasteiger partial charge in [0.05, 0.1) is 85.2 Å². The molecule has 22 heterocycles. The van der Waals surface area contributed by atoms with Gasteiger partial charge in [-0.3, -0.25) is 4.79 Å². The van der Waals surface area contributed by atoms with E-state index in [2.05, 4.69) is 19.9 Å². The summed E-state index contributed by atoms with van der Waals surface area (Å²) in [5, 5.41) is 240. The monoisotopic (exact) mass is 1890 g/mol. The van der Waals surface area contributed by atoms with Crippen LogP contribution in [0.15, 0.2) is 77.3 Å². The highest BCUT2D eigenvalue weighted by Gasteiger charge is 2.63. The summed E-state index contributed by atoms with van der Waals surface area (Å²) in [4.78, 5) is 12.6. The van der Waals surface area contributed by atoms with E-state index in [0.717, 1.165) is 43.8 Å². The van der Waals surface area contributed by atoms with Gasteiger partial charge in [-0.25, -0.2) is 0 Å². The number of nitrogens with zero attached hydrogens (tertiary/aromatic N) is 1. The van der Waals surface area contributed by atoms with Crippen molar-refractivity contribution in [3.8, 4) is 29.1 Å². The molecule has 23 aliphatic rings. The summed E-state index contributed by atoms with van der Waals surface area (Å²) in [6.45, 7) is 5.02. The van der Waals surface area contributed by atoms with E-state index in [4.69, 9.17) is 123 Å². The van der Waals surface area contributed by atoms with Gasteiger partial charge in [-0.1, -0.05) is 94.1 Å². The predicted molar refractivity (Wildman–Crippen MR) is 429 cm³/mol. The number of carbonyl (C=O) groups is 1. The number of esters is 1. The van der Waals surface area contributed by atoms with E-state index in [0.29, 0.717) is 56.9 Å². The maximum Gasteiger partial charge on any atom is 0.311 e. The molecule has 44 nitrogen and oxygen atoms in total. The molecule has 728 valence electrons. The maximum atomic E-state index is 12.6. The molecule has 3 aromatic carbocycles. The summed E-state index contributed by atoms with van der Waals surface area (Å²) in [7, 11) is 0. The quantitative estimate of drug-likeness (QED) is 0.0264. The Hall–Kier alpha value is -5.18. The first-order valence-electron chi connectivity index (χ1n) is 42.4. The Morgan fingerprint density at radius 2 is 0.752 bits per heavy atom. The van der Waals surface area contributed by atoms with Crippen molar-refractivity contribution in [3.63, 3.8) is 0 Å². The molecule has 0 aromatic heterocycles. The lowest BCUT2D eigenvalue weighted by Crippen LogP contribution is -2.68. The van der Waals surface area contributed by atoms with E-state index >= 15 is 0 Å². The minimum absolute atomic E-state index is 0.114. The summed E-state index contributed by atoms with van der Waals surface area (Å²) in [5.74, 6) is 1.94. The van der Waals surface area contributed by atoms with Crippen molar-refractivity contribution in [3.05, 3.63) is 94.0 Å². The molecule has 26 rings (SSSR count). The highest BCUT2D eigenvalue weighted by Crippen LogP contribution is 2.60. The number of aliphatic hydroxyl groups excluding tert-OH is 21. The summed E-state index contributed by atoms with van der Waals surface area (Å²) in [6.07, 6.45) is -65.2. The molecule has 14 bridgehead atoms. The van der Waals surface area contributed by atoms with Crippen LogP contribution in [0.25, 0.3) is 0 Å².